The molecule has 0 radical (unpaired) electrons. The van der Waals surface area contributed by atoms with Gasteiger partial charge in [-0.15, -0.1) is 0 Å². The molecular formula is C19H32N4O2. The molecule has 140 valence electrons. The van der Waals surface area contributed by atoms with Crippen molar-refractivity contribution in [3.8, 4) is 0 Å². The number of benzene rings is 1. The number of nitrogens with one attached hydrogen (secondary N) is 3. The predicted molar refractivity (Wildman–Crippen MR) is 103 cm³/mol. The monoisotopic (exact) mass is 348 g/mol. The van der Waals surface area contributed by atoms with Gasteiger partial charge in [-0.3, -0.25) is 9.79 Å². The number of hydrogen-bond donors (Lipinski definition) is 3. The molecule has 3 N–H and O–H groups in total. The molecule has 1 amide bonds. The van der Waals surface area contributed by atoms with Gasteiger partial charge in [-0.25, -0.2) is 0 Å². The molecule has 1 aromatic carbocycles. The van der Waals surface area contributed by atoms with Gasteiger partial charge >= 0.3 is 0 Å². The summed E-state index contributed by atoms with van der Waals surface area (Å²) in [6.45, 7) is 8.50. The van der Waals surface area contributed by atoms with E-state index in [-0.39, 0.29) is 18.6 Å². The number of ether oxygens (including phenoxy) is 1. The maximum atomic E-state index is 11.9. The third-order valence-electron chi connectivity index (χ3n) is 3.82. The summed E-state index contributed by atoms with van der Waals surface area (Å²) in [5.74, 6) is 1.02. The lowest BCUT2D eigenvalue weighted by Crippen LogP contribution is -2.44. The second-order valence-electron chi connectivity index (χ2n) is 6.14. The molecule has 1 rings (SSSR count). The van der Waals surface area contributed by atoms with E-state index in [1.807, 2.05) is 37.3 Å². The summed E-state index contributed by atoms with van der Waals surface area (Å²) in [5, 5.41) is 9.13. The van der Waals surface area contributed by atoms with Gasteiger partial charge in [-0.05, 0) is 24.8 Å². The molecule has 6 heteroatoms. The van der Waals surface area contributed by atoms with Crippen LogP contribution in [0.2, 0.25) is 0 Å². The van der Waals surface area contributed by atoms with Crippen molar-refractivity contribution < 1.29 is 9.53 Å². The molecular weight excluding hydrogens is 316 g/mol. The molecule has 0 saturated carbocycles. The van der Waals surface area contributed by atoms with E-state index in [9.17, 15) is 4.79 Å². The lowest BCUT2D eigenvalue weighted by Gasteiger charge is -2.21. The van der Waals surface area contributed by atoms with Gasteiger partial charge < -0.3 is 20.7 Å². The lowest BCUT2D eigenvalue weighted by atomic mass is 10.0. The molecule has 1 unspecified atom stereocenters. The number of aliphatic imine (C=N–C) groups is 1. The first-order chi connectivity index (χ1) is 12.1. The van der Waals surface area contributed by atoms with Crippen LogP contribution in [-0.4, -0.2) is 44.7 Å². The summed E-state index contributed by atoms with van der Waals surface area (Å²) >= 11 is 0. The van der Waals surface area contributed by atoms with Crippen molar-refractivity contribution in [2.45, 2.75) is 39.8 Å². The van der Waals surface area contributed by atoms with Crippen LogP contribution in [0, 0.1) is 5.92 Å². The molecule has 0 aliphatic rings. The van der Waals surface area contributed by atoms with Crippen molar-refractivity contribution in [2.75, 3.05) is 26.7 Å². The minimum atomic E-state index is -0.0684. The summed E-state index contributed by atoms with van der Waals surface area (Å²) < 4.78 is 5.73. The average molecular weight is 348 g/mol. The topological polar surface area (TPSA) is 74.8 Å². The van der Waals surface area contributed by atoms with E-state index in [0.717, 1.165) is 25.1 Å². The van der Waals surface area contributed by atoms with E-state index in [4.69, 9.17) is 4.74 Å². The summed E-state index contributed by atoms with van der Waals surface area (Å²) in [5.41, 5.74) is 1.08. The summed E-state index contributed by atoms with van der Waals surface area (Å²) in [6.07, 6.45) is 1.12. The van der Waals surface area contributed by atoms with Crippen molar-refractivity contribution in [3.05, 3.63) is 35.9 Å². The van der Waals surface area contributed by atoms with Crippen LogP contribution in [0.1, 0.15) is 32.8 Å². The van der Waals surface area contributed by atoms with Gasteiger partial charge in [-0.2, -0.15) is 0 Å². The maximum absolute atomic E-state index is 11.9. The standard InChI is InChI=1S/C19H32N4O2/c1-5-25-17(15(2)3)11-12-21-19(20-4)23-14-18(24)22-13-16-9-7-6-8-10-16/h6-10,15,17H,5,11-14H2,1-4H3,(H,22,24)(H2,20,21,23). The third kappa shape index (κ3) is 9.10. The van der Waals surface area contributed by atoms with E-state index in [1.54, 1.807) is 7.05 Å². The van der Waals surface area contributed by atoms with Gasteiger partial charge in [0.25, 0.3) is 0 Å². The molecule has 0 spiro atoms. The zero-order chi connectivity index (χ0) is 18.5. The first-order valence-electron chi connectivity index (χ1n) is 8.93. The second-order valence-corrected chi connectivity index (χ2v) is 6.14. The van der Waals surface area contributed by atoms with Gasteiger partial charge in [-0.1, -0.05) is 44.2 Å². The quantitative estimate of drug-likeness (QED) is 0.446. The maximum Gasteiger partial charge on any atom is 0.239 e. The van der Waals surface area contributed by atoms with Gasteiger partial charge in [0, 0.05) is 26.7 Å². The average Bonchev–Trinajstić information content (AvgIpc) is 2.62. The molecule has 0 saturated heterocycles. The molecule has 0 heterocycles. The Hall–Kier alpha value is -2.08. The van der Waals surface area contributed by atoms with Crippen LogP contribution in [0.25, 0.3) is 0 Å². The van der Waals surface area contributed by atoms with E-state index in [2.05, 4.69) is 34.8 Å². The molecule has 0 aromatic heterocycles. The molecule has 0 bridgehead atoms. The molecule has 0 aliphatic carbocycles. The second kappa shape index (κ2) is 12.3. The highest BCUT2D eigenvalue weighted by molar-refractivity contribution is 5.86. The number of rotatable bonds is 10. The first-order valence-corrected chi connectivity index (χ1v) is 8.93. The SMILES string of the molecule is CCOC(CCNC(=NC)NCC(=O)NCc1ccccc1)C(C)C. The van der Waals surface area contributed by atoms with Crippen molar-refractivity contribution in [3.63, 3.8) is 0 Å². The number of carbonyl (C=O) groups is 1. The fraction of sp³-hybridized carbons (Fsp3) is 0.579. The highest BCUT2D eigenvalue weighted by Crippen LogP contribution is 2.09. The summed E-state index contributed by atoms with van der Waals surface area (Å²) in [7, 11) is 1.69. The first kappa shape index (κ1) is 21.0. The fourth-order valence-electron chi connectivity index (χ4n) is 2.40. The van der Waals surface area contributed by atoms with Crippen molar-refractivity contribution >= 4 is 11.9 Å². The molecule has 1 aromatic rings. The largest absolute Gasteiger partial charge is 0.378 e. The van der Waals surface area contributed by atoms with E-state index >= 15 is 0 Å². The minimum absolute atomic E-state index is 0.0684. The Morgan fingerprint density at radius 1 is 1.16 bits per heavy atom. The van der Waals surface area contributed by atoms with Crippen LogP contribution in [0.3, 0.4) is 0 Å². The van der Waals surface area contributed by atoms with Crippen LogP contribution in [0.4, 0.5) is 0 Å². The Morgan fingerprint density at radius 2 is 1.88 bits per heavy atom. The predicted octanol–water partition coefficient (Wildman–Crippen LogP) is 1.92. The molecule has 6 nitrogen and oxygen atoms in total. The number of amides is 1. The number of nitrogens with zero attached hydrogens (tertiary/aromatic N) is 1. The molecule has 25 heavy (non-hydrogen) atoms. The van der Waals surface area contributed by atoms with Crippen LogP contribution in [-0.2, 0) is 16.1 Å². The number of hydrogen-bond acceptors (Lipinski definition) is 3. The van der Waals surface area contributed by atoms with Crippen molar-refractivity contribution in [2.24, 2.45) is 10.9 Å². The van der Waals surface area contributed by atoms with Crippen LogP contribution >= 0.6 is 0 Å². The van der Waals surface area contributed by atoms with E-state index < -0.39 is 0 Å². The van der Waals surface area contributed by atoms with Gasteiger partial charge in [0.05, 0.1) is 12.6 Å². The van der Waals surface area contributed by atoms with E-state index in [0.29, 0.717) is 18.4 Å². The van der Waals surface area contributed by atoms with Gasteiger partial charge in [0.15, 0.2) is 5.96 Å². The molecule has 1 atom stereocenters. The minimum Gasteiger partial charge on any atom is -0.378 e. The van der Waals surface area contributed by atoms with Crippen molar-refractivity contribution in [1.82, 2.24) is 16.0 Å². The zero-order valence-electron chi connectivity index (χ0n) is 15.8. The lowest BCUT2D eigenvalue weighted by molar-refractivity contribution is -0.120. The Balaban J connectivity index is 2.25. The van der Waals surface area contributed by atoms with Gasteiger partial charge in [0.1, 0.15) is 0 Å². The highest BCUT2D eigenvalue weighted by Gasteiger charge is 2.13. The van der Waals surface area contributed by atoms with Crippen LogP contribution in [0.15, 0.2) is 35.3 Å². The smallest absolute Gasteiger partial charge is 0.239 e. The molecule has 0 aliphatic heterocycles. The summed E-state index contributed by atoms with van der Waals surface area (Å²) in [6, 6.07) is 9.84. The fourth-order valence-corrected chi connectivity index (χ4v) is 2.40. The molecule has 0 fully saturated rings. The van der Waals surface area contributed by atoms with Crippen LogP contribution < -0.4 is 16.0 Å². The number of carbonyl (C=O) groups excluding carboxylic acids is 1. The Morgan fingerprint density at radius 3 is 2.48 bits per heavy atom. The summed E-state index contributed by atoms with van der Waals surface area (Å²) in [4.78, 5) is 16.1. The Kier molecular flexibility index (Phi) is 10.3. The van der Waals surface area contributed by atoms with E-state index in [1.165, 1.54) is 0 Å². The highest BCUT2D eigenvalue weighted by atomic mass is 16.5. The van der Waals surface area contributed by atoms with Crippen LogP contribution in [0.5, 0.6) is 0 Å². The zero-order valence-corrected chi connectivity index (χ0v) is 15.8. The third-order valence-corrected chi connectivity index (χ3v) is 3.82. The van der Waals surface area contributed by atoms with Crippen molar-refractivity contribution in [1.29, 1.82) is 0 Å². The normalized spacial score (nSPS) is 12.8. The van der Waals surface area contributed by atoms with Gasteiger partial charge in [0.2, 0.25) is 5.91 Å². The number of guanidine groups is 1. The Labute approximate surface area is 151 Å². The Bertz CT molecular complexity index is 517.